The van der Waals surface area contributed by atoms with E-state index in [9.17, 15) is 4.79 Å². The fraction of sp³-hybridized carbons (Fsp3) is 0.167. The highest BCUT2D eigenvalue weighted by Crippen LogP contribution is 2.29. The van der Waals surface area contributed by atoms with E-state index in [0.29, 0.717) is 45.3 Å². The molecule has 8 heteroatoms. The topological polar surface area (TPSA) is 77.2 Å². The van der Waals surface area contributed by atoms with Crippen LogP contribution in [0.4, 0.5) is 5.69 Å². The zero-order valence-electron chi connectivity index (χ0n) is 13.9. The number of hydrogen-bond acceptors (Lipinski definition) is 6. The lowest BCUT2D eigenvalue weighted by atomic mass is 10.2. The molecule has 1 amide bonds. The molecule has 1 N–H and O–H groups in total. The molecular weight excluding hydrogens is 374 g/mol. The van der Waals surface area contributed by atoms with E-state index < -0.39 is 0 Å². The van der Waals surface area contributed by atoms with E-state index in [1.54, 1.807) is 25.3 Å². The minimum absolute atomic E-state index is 0.118. The van der Waals surface area contributed by atoms with Crippen molar-refractivity contribution in [1.29, 1.82) is 0 Å². The summed E-state index contributed by atoms with van der Waals surface area (Å²) in [7, 11) is 1.56. The largest absolute Gasteiger partial charge is 0.495 e. The minimum atomic E-state index is -0.118. The molecule has 0 aliphatic heterocycles. The molecule has 1 heterocycles. The number of thioether (sulfide) groups is 1. The summed E-state index contributed by atoms with van der Waals surface area (Å²) in [4.78, 5) is 12.1. The number of amides is 1. The maximum Gasteiger partial charge on any atom is 0.276 e. The van der Waals surface area contributed by atoms with Crippen molar-refractivity contribution in [3.05, 3.63) is 53.6 Å². The summed E-state index contributed by atoms with van der Waals surface area (Å²) in [5, 5.41) is 11.7. The van der Waals surface area contributed by atoms with Crippen molar-refractivity contribution < 1.29 is 13.9 Å². The number of aromatic nitrogens is 2. The molecular formula is C18H16ClN3O3S. The first-order valence-electron chi connectivity index (χ1n) is 7.81. The highest BCUT2D eigenvalue weighted by atomic mass is 35.5. The van der Waals surface area contributed by atoms with Crippen LogP contribution in [0.3, 0.4) is 0 Å². The van der Waals surface area contributed by atoms with E-state index in [0.717, 1.165) is 0 Å². The number of methoxy groups -OCH3 is 1. The first-order chi connectivity index (χ1) is 12.7. The number of benzene rings is 2. The van der Waals surface area contributed by atoms with Gasteiger partial charge >= 0.3 is 0 Å². The summed E-state index contributed by atoms with van der Waals surface area (Å²) in [5.41, 5.74) is 1.33. The van der Waals surface area contributed by atoms with Crippen molar-refractivity contribution in [2.75, 3.05) is 18.2 Å². The van der Waals surface area contributed by atoms with Gasteiger partial charge in [-0.2, -0.15) is 0 Å². The van der Waals surface area contributed by atoms with Gasteiger partial charge in [0.05, 0.1) is 23.4 Å². The summed E-state index contributed by atoms with van der Waals surface area (Å²) >= 11 is 7.43. The number of ether oxygens (including phenoxy) is 1. The predicted octanol–water partition coefficient (Wildman–Crippen LogP) is 4.52. The van der Waals surface area contributed by atoms with E-state index >= 15 is 0 Å². The molecule has 26 heavy (non-hydrogen) atoms. The van der Waals surface area contributed by atoms with Gasteiger partial charge < -0.3 is 14.5 Å². The minimum Gasteiger partial charge on any atom is -0.495 e. The highest BCUT2D eigenvalue weighted by Gasteiger charge is 2.13. The molecule has 0 unspecified atom stereocenters. The average molecular weight is 390 g/mol. The Kier molecular flexibility index (Phi) is 6.14. The van der Waals surface area contributed by atoms with Gasteiger partial charge in [0.25, 0.3) is 5.22 Å². The van der Waals surface area contributed by atoms with Crippen LogP contribution in [-0.4, -0.2) is 29.0 Å². The van der Waals surface area contributed by atoms with Gasteiger partial charge in [0.15, 0.2) is 0 Å². The Hall–Kier alpha value is -2.51. The Morgan fingerprint density at radius 3 is 2.77 bits per heavy atom. The van der Waals surface area contributed by atoms with Crippen LogP contribution in [0.25, 0.3) is 11.5 Å². The van der Waals surface area contributed by atoms with Crippen molar-refractivity contribution in [2.24, 2.45) is 0 Å². The molecule has 0 spiro atoms. The molecule has 0 atom stereocenters. The summed E-state index contributed by atoms with van der Waals surface area (Å²) in [6, 6.07) is 14.5. The molecule has 2 aromatic carbocycles. The monoisotopic (exact) mass is 389 g/mol. The summed E-state index contributed by atoms with van der Waals surface area (Å²) in [6.07, 6.45) is 0.298. The van der Waals surface area contributed by atoms with Crippen LogP contribution in [0.5, 0.6) is 5.75 Å². The van der Waals surface area contributed by atoms with Gasteiger partial charge in [-0.3, -0.25) is 4.79 Å². The molecule has 0 radical (unpaired) electrons. The Morgan fingerprint density at radius 1 is 1.19 bits per heavy atom. The maximum atomic E-state index is 12.1. The van der Waals surface area contributed by atoms with Gasteiger partial charge in [0.2, 0.25) is 11.8 Å². The first kappa shape index (κ1) is 18.3. The summed E-state index contributed by atoms with van der Waals surface area (Å²) in [5.74, 6) is 1.37. The van der Waals surface area contributed by atoms with E-state index in [1.165, 1.54) is 11.8 Å². The number of nitrogens with zero attached hydrogens (tertiary/aromatic N) is 2. The van der Waals surface area contributed by atoms with Gasteiger partial charge in [0.1, 0.15) is 5.75 Å². The van der Waals surface area contributed by atoms with E-state index in [1.807, 2.05) is 30.3 Å². The fourth-order valence-electron chi connectivity index (χ4n) is 2.20. The fourth-order valence-corrected chi connectivity index (χ4v) is 3.12. The average Bonchev–Trinajstić information content (AvgIpc) is 3.11. The third-order valence-corrected chi connectivity index (χ3v) is 4.60. The molecule has 0 aliphatic carbocycles. The highest BCUT2D eigenvalue weighted by molar-refractivity contribution is 7.99. The number of carbonyl (C=O) groups is 1. The van der Waals surface area contributed by atoms with Crippen LogP contribution in [0, 0.1) is 0 Å². The van der Waals surface area contributed by atoms with Gasteiger partial charge in [-0.05, 0) is 24.3 Å². The second kappa shape index (κ2) is 8.73. The number of rotatable bonds is 7. The van der Waals surface area contributed by atoms with Crippen LogP contribution in [0.2, 0.25) is 5.02 Å². The number of carbonyl (C=O) groups excluding carboxylic acids is 1. The lowest BCUT2D eigenvalue weighted by molar-refractivity contribution is -0.115. The van der Waals surface area contributed by atoms with Crippen LogP contribution in [-0.2, 0) is 4.79 Å². The van der Waals surface area contributed by atoms with Gasteiger partial charge in [-0.15, -0.1) is 10.2 Å². The zero-order valence-corrected chi connectivity index (χ0v) is 15.5. The molecule has 0 bridgehead atoms. The molecule has 0 saturated carbocycles. The van der Waals surface area contributed by atoms with Gasteiger partial charge in [-0.1, -0.05) is 47.6 Å². The summed E-state index contributed by atoms with van der Waals surface area (Å²) in [6.45, 7) is 0. The second-order valence-corrected chi connectivity index (χ2v) is 6.65. The standard InChI is InChI=1S/C18H16ClN3O3S/c1-24-15-9-5-4-8-14(15)20-16(23)10-11-26-18-22-21-17(25-18)12-6-2-3-7-13(12)19/h2-9H,10-11H2,1H3,(H,20,23). The Balaban J connectivity index is 1.52. The third-order valence-electron chi connectivity index (χ3n) is 3.45. The van der Waals surface area contributed by atoms with Crippen LogP contribution in [0.15, 0.2) is 58.2 Å². The quantitative estimate of drug-likeness (QED) is 0.598. The zero-order chi connectivity index (χ0) is 18.4. The second-order valence-electron chi connectivity index (χ2n) is 5.20. The van der Waals surface area contributed by atoms with Crippen LogP contribution < -0.4 is 10.1 Å². The first-order valence-corrected chi connectivity index (χ1v) is 9.18. The van der Waals surface area contributed by atoms with Gasteiger partial charge in [-0.25, -0.2) is 0 Å². The molecule has 3 aromatic rings. The molecule has 134 valence electrons. The Bertz CT molecular complexity index is 901. The number of halogens is 1. The summed E-state index contributed by atoms with van der Waals surface area (Å²) < 4.78 is 10.8. The van der Waals surface area contributed by atoms with Crippen molar-refractivity contribution in [3.63, 3.8) is 0 Å². The molecule has 6 nitrogen and oxygen atoms in total. The smallest absolute Gasteiger partial charge is 0.276 e. The third kappa shape index (κ3) is 4.56. The number of para-hydroxylation sites is 2. The number of anilines is 1. The lowest BCUT2D eigenvalue weighted by Crippen LogP contribution is -2.12. The molecule has 1 aromatic heterocycles. The van der Waals surface area contributed by atoms with Crippen molar-refractivity contribution in [1.82, 2.24) is 10.2 Å². The maximum absolute atomic E-state index is 12.1. The molecule has 0 fully saturated rings. The van der Waals surface area contributed by atoms with Crippen molar-refractivity contribution >= 4 is 35.0 Å². The van der Waals surface area contributed by atoms with E-state index in [-0.39, 0.29) is 5.91 Å². The SMILES string of the molecule is COc1ccccc1NC(=O)CCSc1nnc(-c2ccccc2Cl)o1. The Labute approximate surface area is 159 Å². The van der Waals surface area contributed by atoms with E-state index in [2.05, 4.69) is 15.5 Å². The van der Waals surface area contributed by atoms with Crippen LogP contribution in [0.1, 0.15) is 6.42 Å². The normalized spacial score (nSPS) is 10.5. The number of hydrogen-bond donors (Lipinski definition) is 1. The molecule has 3 rings (SSSR count). The van der Waals surface area contributed by atoms with Crippen molar-refractivity contribution in [3.8, 4) is 17.2 Å². The molecule has 0 saturated heterocycles. The van der Waals surface area contributed by atoms with Crippen LogP contribution >= 0.6 is 23.4 Å². The van der Waals surface area contributed by atoms with Gasteiger partial charge in [0, 0.05) is 12.2 Å². The van der Waals surface area contributed by atoms with Crippen molar-refractivity contribution in [2.45, 2.75) is 11.6 Å². The lowest BCUT2D eigenvalue weighted by Gasteiger charge is -2.09. The number of nitrogens with one attached hydrogen (secondary N) is 1. The molecule has 0 aliphatic rings. The van der Waals surface area contributed by atoms with E-state index in [4.69, 9.17) is 20.8 Å². The predicted molar refractivity (Wildman–Crippen MR) is 102 cm³/mol. The Morgan fingerprint density at radius 2 is 1.96 bits per heavy atom.